The monoisotopic (exact) mass is 537 g/mol. The van der Waals surface area contributed by atoms with E-state index in [1.807, 2.05) is 16.7 Å². The summed E-state index contributed by atoms with van der Waals surface area (Å²) in [5.41, 5.74) is 3.21. The van der Waals surface area contributed by atoms with Crippen molar-refractivity contribution >= 4 is 28.3 Å². The van der Waals surface area contributed by atoms with Crippen LogP contribution in [0, 0.1) is 5.82 Å². The highest BCUT2D eigenvalue weighted by Crippen LogP contribution is 2.37. The number of pyridine rings is 1. The molecule has 5 aromatic rings. The summed E-state index contributed by atoms with van der Waals surface area (Å²) in [6.45, 7) is 0. The number of hydrogen-bond acceptors (Lipinski definition) is 6. The zero-order valence-electron chi connectivity index (χ0n) is 19.9. The van der Waals surface area contributed by atoms with E-state index in [1.54, 1.807) is 30.6 Å². The number of aromatic amines is 1. The Bertz CT molecular complexity index is 1600. The van der Waals surface area contributed by atoms with Gasteiger partial charge in [-0.05, 0) is 49.9 Å². The van der Waals surface area contributed by atoms with Crippen LogP contribution in [-0.4, -0.2) is 41.7 Å². The van der Waals surface area contributed by atoms with Crippen molar-refractivity contribution in [2.75, 3.05) is 0 Å². The average Bonchev–Trinajstić information content (AvgIpc) is 3.69. The molecule has 6 rings (SSSR count). The van der Waals surface area contributed by atoms with Crippen molar-refractivity contribution in [2.24, 2.45) is 0 Å². The Morgan fingerprint density at radius 2 is 2.03 bits per heavy atom. The van der Waals surface area contributed by atoms with E-state index in [9.17, 15) is 18.0 Å². The molecule has 0 saturated heterocycles. The van der Waals surface area contributed by atoms with Gasteiger partial charge in [-0.1, -0.05) is 12.1 Å². The van der Waals surface area contributed by atoms with Gasteiger partial charge in [0.15, 0.2) is 5.01 Å². The highest BCUT2D eigenvalue weighted by atomic mass is 32.1. The molecule has 1 fully saturated rings. The molecule has 1 aliphatic rings. The van der Waals surface area contributed by atoms with Crippen LogP contribution in [0.4, 0.5) is 13.2 Å². The Morgan fingerprint density at radius 1 is 1.16 bits per heavy atom. The molecule has 0 spiro atoms. The molecular weight excluding hydrogens is 515 g/mol. The van der Waals surface area contributed by atoms with Gasteiger partial charge in [0.2, 0.25) is 0 Å². The molecule has 8 nitrogen and oxygen atoms in total. The average molecular weight is 538 g/mol. The summed E-state index contributed by atoms with van der Waals surface area (Å²) in [4.78, 5) is 25.7. The van der Waals surface area contributed by atoms with Gasteiger partial charge in [0.1, 0.15) is 17.2 Å². The van der Waals surface area contributed by atoms with E-state index in [-0.39, 0.29) is 27.8 Å². The number of thiazole rings is 1. The highest BCUT2D eigenvalue weighted by molar-refractivity contribution is 7.13. The number of carbonyl (C=O) groups excluding carboxylic acids is 1. The van der Waals surface area contributed by atoms with Gasteiger partial charge < -0.3 is 9.88 Å². The Labute approximate surface area is 219 Å². The number of benzene rings is 1. The van der Waals surface area contributed by atoms with Crippen LogP contribution < -0.4 is 5.32 Å². The molecule has 4 aromatic heterocycles. The molecule has 0 unspecified atom stereocenters. The number of nitrogens with one attached hydrogen (secondary N) is 2. The Hall–Kier alpha value is -4.06. The van der Waals surface area contributed by atoms with E-state index >= 15 is 0 Å². The number of rotatable bonds is 6. The van der Waals surface area contributed by atoms with E-state index in [4.69, 9.17) is 4.98 Å². The third-order valence-electron chi connectivity index (χ3n) is 6.75. The van der Waals surface area contributed by atoms with Gasteiger partial charge in [-0.2, -0.15) is 5.10 Å². The van der Waals surface area contributed by atoms with Crippen molar-refractivity contribution < 1.29 is 18.0 Å². The summed E-state index contributed by atoms with van der Waals surface area (Å²) in [5.74, 6) is -0.367. The maximum absolute atomic E-state index is 15.0. The third kappa shape index (κ3) is 4.55. The number of H-pyrrole nitrogens is 1. The first-order valence-corrected chi connectivity index (χ1v) is 13.0. The molecule has 38 heavy (non-hydrogen) atoms. The quantitative estimate of drug-likeness (QED) is 0.279. The van der Waals surface area contributed by atoms with Crippen molar-refractivity contribution in [2.45, 2.75) is 44.2 Å². The summed E-state index contributed by atoms with van der Waals surface area (Å²) in [6, 6.07) is 9.91. The van der Waals surface area contributed by atoms with Crippen LogP contribution >= 0.6 is 11.3 Å². The lowest BCUT2D eigenvalue weighted by atomic mass is 9.90. The summed E-state index contributed by atoms with van der Waals surface area (Å²) < 4.78 is 42.9. The molecule has 0 bridgehead atoms. The van der Waals surface area contributed by atoms with Crippen LogP contribution in [0.15, 0.2) is 55.0 Å². The topological polar surface area (TPSA) is 101 Å². The molecule has 12 heteroatoms. The molecular formula is C26H22F3N7OS. The van der Waals surface area contributed by atoms with Gasteiger partial charge in [0.25, 0.3) is 12.3 Å². The van der Waals surface area contributed by atoms with Crippen LogP contribution in [0.25, 0.3) is 33.8 Å². The number of alkyl halides is 2. The predicted molar refractivity (Wildman–Crippen MR) is 136 cm³/mol. The molecule has 1 aromatic carbocycles. The Kier molecular flexibility index (Phi) is 6.40. The minimum atomic E-state index is -2.67. The molecule has 0 radical (unpaired) electrons. The minimum Gasteiger partial charge on any atom is -0.347 e. The lowest BCUT2D eigenvalue weighted by Gasteiger charge is -2.32. The van der Waals surface area contributed by atoms with Crippen LogP contribution in [0.1, 0.15) is 52.8 Å². The largest absolute Gasteiger partial charge is 0.347 e. The second-order valence-electron chi connectivity index (χ2n) is 9.17. The second-order valence-corrected chi connectivity index (χ2v) is 10.2. The van der Waals surface area contributed by atoms with Crippen molar-refractivity contribution in [3.05, 3.63) is 70.7 Å². The van der Waals surface area contributed by atoms with E-state index in [1.165, 1.54) is 6.07 Å². The van der Waals surface area contributed by atoms with Crippen molar-refractivity contribution in [3.8, 4) is 22.8 Å². The lowest BCUT2D eigenvalue weighted by molar-refractivity contribution is 0.0920. The molecule has 2 N–H and O–H groups in total. The fourth-order valence-corrected chi connectivity index (χ4v) is 5.69. The molecule has 0 aliphatic heterocycles. The van der Waals surface area contributed by atoms with E-state index < -0.39 is 12.3 Å². The maximum Gasteiger partial charge on any atom is 0.280 e. The number of carbonyl (C=O) groups is 1. The fourth-order valence-electron chi connectivity index (χ4n) is 5.02. The number of fused-ring (bicyclic) bond motifs is 1. The molecule has 1 aliphatic carbocycles. The van der Waals surface area contributed by atoms with Gasteiger partial charge in [-0.15, -0.1) is 11.3 Å². The van der Waals surface area contributed by atoms with Gasteiger partial charge in [0, 0.05) is 24.5 Å². The van der Waals surface area contributed by atoms with Gasteiger partial charge >= 0.3 is 0 Å². The van der Waals surface area contributed by atoms with Crippen LogP contribution in [0.2, 0.25) is 0 Å². The number of imidazole rings is 1. The number of hydrogen-bond donors (Lipinski definition) is 2. The standard InChI is InChI=1S/C26H22F3N7OS/c27-17-7-2-1-6-16(17)24-34-20-12-30-19(18-8-9-32-35-18)11-21(20)36(24)15-5-3-4-14(10-15)33-25(37)26-31-13-22(38-26)23(28)29/h1-2,6-9,11-15,23H,3-5,10H2,(H,32,35)(H,33,37)/t14-,15+/m0/s1. The smallest absolute Gasteiger partial charge is 0.280 e. The Balaban J connectivity index is 1.36. The number of nitrogens with zero attached hydrogens (tertiary/aromatic N) is 5. The maximum atomic E-state index is 15.0. The van der Waals surface area contributed by atoms with Crippen LogP contribution in [0.3, 0.4) is 0 Å². The molecule has 194 valence electrons. The van der Waals surface area contributed by atoms with Crippen LogP contribution in [0.5, 0.6) is 0 Å². The molecule has 1 saturated carbocycles. The number of amides is 1. The van der Waals surface area contributed by atoms with Gasteiger partial charge in [-0.25, -0.2) is 23.1 Å². The van der Waals surface area contributed by atoms with Crippen molar-refractivity contribution in [3.63, 3.8) is 0 Å². The van der Waals surface area contributed by atoms with E-state index in [0.717, 1.165) is 36.7 Å². The second kappa shape index (κ2) is 10.0. The summed E-state index contributed by atoms with van der Waals surface area (Å²) in [7, 11) is 0. The minimum absolute atomic E-state index is 0.0119. The molecule has 2 atom stereocenters. The zero-order chi connectivity index (χ0) is 26.2. The van der Waals surface area contributed by atoms with Crippen molar-refractivity contribution in [1.29, 1.82) is 0 Å². The molecule has 1 amide bonds. The van der Waals surface area contributed by atoms with Gasteiger partial charge in [-0.3, -0.25) is 14.9 Å². The first-order valence-electron chi connectivity index (χ1n) is 12.2. The summed E-state index contributed by atoms with van der Waals surface area (Å²) in [5, 5.41) is 9.90. The first-order chi connectivity index (χ1) is 18.5. The van der Waals surface area contributed by atoms with Gasteiger partial charge in [0.05, 0.1) is 33.5 Å². The SMILES string of the molecule is O=C(N[C@H]1CCC[C@@H](n2c(-c3ccccc3F)nc3cnc(-c4ccn[nH]4)cc32)C1)c1ncc(C(F)F)s1. The van der Waals surface area contributed by atoms with E-state index in [0.29, 0.717) is 40.4 Å². The number of halogens is 3. The van der Waals surface area contributed by atoms with Crippen LogP contribution in [-0.2, 0) is 0 Å². The van der Waals surface area contributed by atoms with E-state index in [2.05, 4.69) is 25.5 Å². The lowest BCUT2D eigenvalue weighted by Crippen LogP contribution is -2.39. The normalized spacial score (nSPS) is 17.8. The third-order valence-corrected chi connectivity index (χ3v) is 7.75. The molecule has 4 heterocycles. The fraction of sp³-hybridized carbons (Fsp3) is 0.269. The first kappa shape index (κ1) is 24.3. The predicted octanol–water partition coefficient (Wildman–Crippen LogP) is 5.94. The van der Waals surface area contributed by atoms with Crippen molar-refractivity contribution in [1.82, 2.24) is 35.0 Å². The summed E-state index contributed by atoms with van der Waals surface area (Å²) in [6.07, 6.45) is 4.59. The Morgan fingerprint density at radius 3 is 2.79 bits per heavy atom. The zero-order valence-corrected chi connectivity index (χ0v) is 20.8. The number of aromatic nitrogens is 6. The summed E-state index contributed by atoms with van der Waals surface area (Å²) >= 11 is 0.695. The highest BCUT2D eigenvalue weighted by Gasteiger charge is 2.30.